The van der Waals surface area contributed by atoms with Crippen LogP contribution in [0.3, 0.4) is 0 Å². The van der Waals surface area contributed by atoms with Gasteiger partial charge in [-0.1, -0.05) is 44.9 Å². The van der Waals surface area contributed by atoms with Crippen LogP contribution in [0.15, 0.2) is 24.5 Å². The van der Waals surface area contributed by atoms with E-state index in [2.05, 4.69) is 41.7 Å². The molecule has 0 saturated carbocycles. The summed E-state index contributed by atoms with van der Waals surface area (Å²) in [5.74, 6) is 1.05. The normalized spacial score (nSPS) is 11.0. The van der Waals surface area contributed by atoms with Crippen LogP contribution in [0, 0.1) is 0 Å². The van der Waals surface area contributed by atoms with Crippen molar-refractivity contribution in [3.63, 3.8) is 0 Å². The van der Waals surface area contributed by atoms with Gasteiger partial charge in [0, 0.05) is 25.1 Å². The average Bonchev–Trinajstić information content (AvgIpc) is 2.53. The second-order valence-electron chi connectivity index (χ2n) is 5.91. The molecule has 1 heterocycles. The SMILES string of the molecule is NCc1cc[n+](CCCCCCCCCCCCS)cc1. The molecule has 0 aromatic carbocycles. The summed E-state index contributed by atoms with van der Waals surface area (Å²) in [6.45, 7) is 1.77. The number of hydrogen-bond donors (Lipinski definition) is 2. The Bertz CT molecular complexity index is 338. The van der Waals surface area contributed by atoms with Crippen LogP contribution in [-0.4, -0.2) is 5.75 Å². The lowest BCUT2D eigenvalue weighted by atomic mass is 10.1. The fourth-order valence-electron chi connectivity index (χ4n) is 2.59. The molecule has 0 fully saturated rings. The molecule has 2 N–H and O–H groups in total. The van der Waals surface area contributed by atoms with Gasteiger partial charge in [0.05, 0.1) is 0 Å². The second kappa shape index (κ2) is 13.1. The zero-order valence-corrected chi connectivity index (χ0v) is 14.4. The first kappa shape index (κ1) is 18.5. The van der Waals surface area contributed by atoms with Gasteiger partial charge in [0.25, 0.3) is 0 Å². The third-order valence-electron chi connectivity index (χ3n) is 4.02. The summed E-state index contributed by atoms with van der Waals surface area (Å²) in [5.41, 5.74) is 6.81. The molecular weight excluding hydrogens is 276 g/mol. The van der Waals surface area contributed by atoms with Crippen LogP contribution in [0.2, 0.25) is 0 Å². The Kier molecular flexibility index (Phi) is 11.6. The zero-order valence-electron chi connectivity index (χ0n) is 13.5. The van der Waals surface area contributed by atoms with Crippen LogP contribution in [0.5, 0.6) is 0 Å². The third kappa shape index (κ3) is 9.92. The molecule has 0 radical (unpaired) electrons. The predicted molar refractivity (Wildman–Crippen MR) is 94.6 cm³/mol. The Morgan fingerprint density at radius 3 is 1.71 bits per heavy atom. The summed E-state index contributed by atoms with van der Waals surface area (Å²) in [5, 5.41) is 0. The summed E-state index contributed by atoms with van der Waals surface area (Å²) in [4.78, 5) is 0. The number of thiol groups is 1. The molecule has 1 aromatic rings. The number of aryl methyl sites for hydroxylation is 1. The molecule has 0 unspecified atom stereocenters. The predicted octanol–water partition coefficient (Wildman–Crippen LogP) is 4.26. The Balaban J connectivity index is 1.88. The molecule has 0 aliphatic heterocycles. The van der Waals surface area contributed by atoms with E-state index >= 15 is 0 Å². The number of nitrogens with zero attached hydrogens (tertiary/aromatic N) is 1. The quantitative estimate of drug-likeness (QED) is 0.318. The molecule has 0 amide bonds. The lowest BCUT2D eigenvalue weighted by Gasteiger charge is -2.02. The second-order valence-corrected chi connectivity index (χ2v) is 6.35. The first-order valence-electron chi connectivity index (χ1n) is 8.65. The maximum Gasteiger partial charge on any atom is 0.169 e. The van der Waals surface area contributed by atoms with Gasteiger partial charge in [-0.15, -0.1) is 0 Å². The van der Waals surface area contributed by atoms with Crippen molar-refractivity contribution in [1.29, 1.82) is 0 Å². The van der Waals surface area contributed by atoms with E-state index in [1.807, 2.05) is 0 Å². The minimum atomic E-state index is 0.634. The minimum absolute atomic E-state index is 0.634. The number of unbranched alkanes of at least 4 members (excludes halogenated alkanes) is 9. The highest BCUT2D eigenvalue weighted by Crippen LogP contribution is 2.10. The van der Waals surface area contributed by atoms with Gasteiger partial charge in [-0.05, 0) is 24.2 Å². The molecule has 0 aliphatic rings. The van der Waals surface area contributed by atoms with Crippen LogP contribution >= 0.6 is 12.6 Å². The third-order valence-corrected chi connectivity index (χ3v) is 4.34. The Morgan fingerprint density at radius 2 is 1.24 bits per heavy atom. The maximum atomic E-state index is 5.60. The first-order valence-corrected chi connectivity index (χ1v) is 9.29. The summed E-state index contributed by atoms with van der Waals surface area (Å²) >= 11 is 4.24. The van der Waals surface area contributed by atoms with Crippen molar-refractivity contribution in [3.8, 4) is 0 Å². The van der Waals surface area contributed by atoms with Gasteiger partial charge >= 0.3 is 0 Å². The van der Waals surface area contributed by atoms with Gasteiger partial charge in [0.1, 0.15) is 6.54 Å². The largest absolute Gasteiger partial charge is 0.326 e. The van der Waals surface area contributed by atoms with Crippen molar-refractivity contribution in [2.75, 3.05) is 5.75 Å². The topological polar surface area (TPSA) is 29.9 Å². The fourth-order valence-corrected chi connectivity index (χ4v) is 2.82. The van der Waals surface area contributed by atoms with Gasteiger partial charge in [0.15, 0.2) is 12.4 Å². The number of nitrogens with two attached hydrogens (primary N) is 1. The fraction of sp³-hybridized carbons (Fsp3) is 0.722. The van der Waals surface area contributed by atoms with Crippen LogP contribution in [0.4, 0.5) is 0 Å². The maximum absolute atomic E-state index is 5.60. The molecule has 120 valence electrons. The van der Waals surface area contributed by atoms with E-state index in [-0.39, 0.29) is 0 Å². The van der Waals surface area contributed by atoms with E-state index < -0.39 is 0 Å². The van der Waals surface area contributed by atoms with Crippen molar-refractivity contribution >= 4 is 12.6 Å². The minimum Gasteiger partial charge on any atom is -0.326 e. The van der Waals surface area contributed by atoms with E-state index in [1.54, 1.807) is 0 Å². The van der Waals surface area contributed by atoms with Crippen molar-refractivity contribution in [1.82, 2.24) is 0 Å². The molecule has 2 nitrogen and oxygen atoms in total. The molecular formula is C18H33N2S+. The molecule has 1 rings (SSSR count). The van der Waals surface area contributed by atoms with Gasteiger partial charge in [-0.25, -0.2) is 4.57 Å². The molecule has 3 heteroatoms. The first-order chi connectivity index (χ1) is 10.4. The Labute approximate surface area is 136 Å². The molecule has 0 bridgehead atoms. The average molecular weight is 310 g/mol. The Hall–Kier alpha value is -0.540. The lowest BCUT2D eigenvalue weighted by molar-refractivity contribution is -0.697. The van der Waals surface area contributed by atoms with Crippen LogP contribution in [-0.2, 0) is 13.1 Å². The number of hydrogen-bond acceptors (Lipinski definition) is 2. The summed E-state index contributed by atoms with van der Waals surface area (Å²) in [6, 6.07) is 4.24. The number of pyridine rings is 1. The van der Waals surface area contributed by atoms with Gasteiger partial charge in [0.2, 0.25) is 0 Å². The molecule has 21 heavy (non-hydrogen) atoms. The van der Waals surface area contributed by atoms with Crippen molar-refractivity contribution in [2.24, 2.45) is 5.73 Å². The van der Waals surface area contributed by atoms with E-state index in [1.165, 1.54) is 69.8 Å². The highest BCUT2D eigenvalue weighted by molar-refractivity contribution is 7.80. The lowest BCUT2D eigenvalue weighted by Crippen LogP contribution is -2.32. The summed E-state index contributed by atoms with van der Waals surface area (Å²) < 4.78 is 2.26. The van der Waals surface area contributed by atoms with E-state index in [9.17, 15) is 0 Å². The highest BCUT2D eigenvalue weighted by atomic mass is 32.1. The van der Waals surface area contributed by atoms with Crippen molar-refractivity contribution in [3.05, 3.63) is 30.1 Å². The molecule has 0 spiro atoms. The molecule has 0 saturated heterocycles. The van der Waals surface area contributed by atoms with Crippen molar-refractivity contribution < 1.29 is 4.57 Å². The molecule has 0 aliphatic carbocycles. The van der Waals surface area contributed by atoms with E-state index in [0.29, 0.717) is 6.54 Å². The van der Waals surface area contributed by atoms with Crippen molar-refractivity contribution in [2.45, 2.75) is 77.3 Å². The Morgan fingerprint density at radius 1 is 0.762 bits per heavy atom. The smallest absolute Gasteiger partial charge is 0.169 e. The van der Waals surface area contributed by atoms with Crippen LogP contribution in [0.25, 0.3) is 0 Å². The van der Waals surface area contributed by atoms with Crippen LogP contribution in [0.1, 0.15) is 69.8 Å². The van der Waals surface area contributed by atoms with E-state index in [4.69, 9.17) is 5.73 Å². The zero-order chi connectivity index (χ0) is 15.2. The molecule has 1 aromatic heterocycles. The summed E-state index contributed by atoms with van der Waals surface area (Å²) in [6.07, 6.45) is 18.0. The monoisotopic (exact) mass is 309 g/mol. The summed E-state index contributed by atoms with van der Waals surface area (Å²) in [7, 11) is 0. The van der Waals surface area contributed by atoms with Gasteiger partial charge < -0.3 is 5.73 Å². The highest BCUT2D eigenvalue weighted by Gasteiger charge is 2.00. The standard InChI is InChI=1S/C18H32N2S/c19-17-18-11-14-20(15-12-18)13-9-7-5-3-1-2-4-6-8-10-16-21/h11-12,14-15H,1-10,13,16-17,19H2/p+1. The van der Waals surface area contributed by atoms with Gasteiger partial charge in [-0.3, -0.25) is 0 Å². The molecule has 0 atom stereocenters. The van der Waals surface area contributed by atoms with Gasteiger partial charge in [-0.2, -0.15) is 12.6 Å². The number of aromatic nitrogens is 1. The van der Waals surface area contributed by atoms with Crippen LogP contribution < -0.4 is 10.3 Å². The number of rotatable bonds is 13. The van der Waals surface area contributed by atoms with E-state index in [0.717, 1.165) is 12.3 Å².